The Morgan fingerprint density at radius 1 is 1.23 bits per heavy atom. The number of ether oxygens (including phenoxy) is 1. The van der Waals surface area contributed by atoms with E-state index in [0.29, 0.717) is 17.9 Å². The van der Waals surface area contributed by atoms with Crippen molar-refractivity contribution in [1.82, 2.24) is 19.7 Å². The van der Waals surface area contributed by atoms with E-state index in [1.807, 2.05) is 42.4 Å². The normalized spacial score (nSPS) is 20.2. The molecule has 1 aliphatic carbocycles. The number of aromatic nitrogens is 3. The smallest absolute Gasteiger partial charge is 0.258 e. The molecule has 4 rings (SSSR count). The molecule has 6 nitrogen and oxygen atoms in total. The Labute approximate surface area is 154 Å². The standard InChI is InChI=1S/C20H26N4O2/c1-2-26-18-9-4-3-7-16(18)20(25)24-12-6-5-8-17(24)19-22-21-14-23(19)13-15-10-11-15/h3-4,7,9,14-15,17H,2,5-6,8,10-13H2,1H3/t17-/m1/s1. The van der Waals surface area contributed by atoms with Crippen LogP contribution in [0.4, 0.5) is 0 Å². The van der Waals surface area contributed by atoms with E-state index in [9.17, 15) is 4.79 Å². The maximum Gasteiger partial charge on any atom is 0.258 e. The summed E-state index contributed by atoms with van der Waals surface area (Å²) in [6, 6.07) is 7.51. The molecule has 138 valence electrons. The van der Waals surface area contributed by atoms with Crippen LogP contribution in [0.2, 0.25) is 0 Å². The van der Waals surface area contributed by atoms with Crippen LogP contribution >= 0.6 is 0 Å². The van der Waals surface area contributed by atoms with Crippen LogP contribution in [-0.2, 0) is 6.54 Å². The van der Waals surface area contributed by atoms with Gasteiger partial charge in [0.25, 0.3) is 5.91 Å². The van der Waals surface area contributed by atoms with Crippen molar-refractivity contribution in [2.75, 3.05) is 13.2 Å². The molecule has 0 bridgehead atoms. The molecule has 1 aliphatic heterocycles. The summed E-state index contributed by atoms with van der Waals surface area (Å²) < 4.78 is 7.83. The number of rotatable bonds is 6. The Morgan fingerprint density at radius 3 is 2.88 bits per heavy atom. The van der Waals surface area contributed by atoms with Crippen molar-refractivity contribution < 1.29 is 9.53 Å². The first-order chi connectivity index (χ1) is 12.8. The molecule has 1 saturated carbocycles. The highest BCUT2D eigenvalue weighted by Gasteiger charge is 2.34. The van der Waals surface area contributed by atoms with Crippen molar-refractivity contribution >= 4 is 5.91 Å². The van der Waals surface area contributed by atoms with Gasteiger partial charge in [0.15, 0.2) is 5.82 Å². The predicted molar refractivity (Wildman–Crippen MR) is 98.0 cm³/mol. The lowest BCUT2D eigenvalue weighted by atomic mass is 9.99. The number of likely N-dealkylation sites (tertiary alicyclic amines) is 1. The second-order valence-corrected chi connectivity index (χ2v) is 7.22. The molecule has 2 heterocycles. The number of piperidine rings is 1. The summed E-state index contributed by atoms with van der Waals surface area (Å²) in [5, 5.41) is 8.54. The molecule has 0 unspecified atom stereocenters. The molecule has 2 fully saturated rings. The number of hydrogen-bond acceptors (Lipinski definition) is 4. The largest absolute Gasteiger partial charge is 0.493 e. The predicted octanol–water partition coefficient (Wildman–Crippen LogP) is 3.45. The van der Waals surface area contributed by atoms with E-state index in [1.54, 1.807) is 0 Å². The van der Waals surface area contributed by atoms with Crippen molar-refractivity contribution in [3.63, 3.8) is 0 Å². The van der Waals surface area contributed by atoms with Crippen LogP contribution in [0.3, 0.4) is 0 Å². The van der Waals surface area contributed by atoms with Gasteiger partial charge in [-0.3, -0.25) is 4.79 Å². The minimum Gasteiger partial charge on any atom is -0.493 e. The Hall–Kier alpha value is -2.37. The van der Waals surface area contributed by atoms with E-state index in [2.05, 4.69) is 14.8 Å². The molecule has 1 aromatic heterocycles. The van der Waals surface area contributed by atoms with Gasteiger partial charge in [0.1, 0.15) is 12.1 Å². The van der Waals surface area contributed by atoms with Gasteiger partial charge in [0.2, 0.25) is 0 Å². The maximum absolute atomic E-state index is 13.3. The van der Waals surface area contributed by atoms with E-state index in [4.69, 9.17) is 4.74 Å². The summed E-state index contributed by atoms with van der Waals surface area (Å²) in [6.45, 7) is 4.20. The molecule has 0 N–H and O–H groups in total. The Kier molecular flexibility index (Phi) is 4.91. The molecule has 0 radical (unpaired) electrons. The average molecular weight is 354 g/mol. The Morgan fingerprint density at radius 2 is 2.08 bits per heavy atom. The van der Waals surface area contributed by atoms with Gasteiger partial charge < -0.3 is 14.2 Å². The van der Waals surface area contributed by atoms with Crippen LogP contribution < -0.4 is 4.74 Å². The topological polar surface area (TPSA) is 60.2 Å². The third kappa shape index (κ3) is 3.45. The van der Waals surface area contributed by atoms with E-state index in [-0.39, 0.29) is 11.9 Å². The fourth-order valence-electron chi connectivity index (χ4n) is 3.76. The lowest BCUT2D eigenvalue weighted by Gasteiger charge is -2.35. The van der Waals surface area contributed by atoms with Gasteiger partial charge in [-0.1, -0.05) is 12.1 Å². The lowest BCUT2D eigenvalue weighted by Crippen LogP contribution is -2.40. The van der Waals surface area contributed by atoms with Crippen molar-refractivity contribution in [2.45, 2.75) is 51.6 Å². The number of nitrogens with zero attached hydrogens (tertiary/aromatic N) is 4. The first-order valence-electron chi connectivity index (χ1n) is 9.68. The zero-order chi connectivity index (χ0) is 17.9. The third-order valence-corrected chi connectivity index (χ3v) is 5.28. The SMILES string of the molecule is CCOc1ccccc1C(=O)N1CCCC[C@@H]1c1nncn1CC1CC1. The van der Waals surface area contributed by atoms with Gasteiger partial charge in [-0.15, -0.1) is 10.2 Å². The number of para-hydroxylation sites is 1. The summed E-state index contributed by atoms with van der Waals surface area (Å²) in [7, 11) is 0. The highest BCUT2D eigenvalue weighted by Crippen LogP contribution is 2.35. The van der Waals surface area contributed by atoms with Crippen LogP contribution in [0.15, 0.2) is 30.6 Å². The number of carbonyl (C=O) groups excluding carboxylic acids is 1. The minimum atomic E-state index is -0.00724. The van der Waals surface area contributed by atoms with Crippen molar-refractivity contribution in [2.24, 2.45) is 5.92 Å². The zero-order valence-electron chi connectivity index (χ0n) is 15.3. The second-order valence-electron chi connectivity index (χ2n) is 7.22. The van der Waals surface area contributed by atoms with Crippen LogP contribution in [0, 0.1) is 5.92 Å². The number of amides is 1. The summed E-state index contributed by atoms with van der Waals surface area (Å²) in [5.41, 5.74) is 0.634. The van der Waals surface area contributed by atoms with E-state index in [0.717, 1.165) is 44.1 Å². The van der Waals surface area contributed by atoms with E-state index < -0.39 is 0 Å². The summed E-state index contributed by atoms with van der Waals surface area (Å²) in [6.07, 6.45) is 7.46. The molecular weight excluding hydrogens is 328 g/mol. The average Bonchev–Trinajstić information content (AvgIpc) is 3.37. The molecular formula is C20H26N4O2. The summed E-state index contributed by atoms with van der Waals surface area (Å²) in [5.74, 6) is 2.36. The van der Waals surface area contributed by atoms with E-state index in [1.165, 1.54) is 12.8 Å². The molecule has 0 spiro atoms. The van der Waals surface area contributed by atoms with Crippen LogP contribution in [0.1, 0.15) is 61.3 Å². The van der Waals surface area contributed by atoms with Crippen molar-refractivity contribution in [3.05, 3.63) is 42.0 Å². The third-order valence-electron chi connectivity index (χ3n) is 5.28. The molecule has 26 heavy (non-hydrogen) atoms. The first kappa shape index (κ1) is 17.1. The first-order valence-corrected chi connectivity index (χ1v) is 9.68. The zero-order valence-corrected chi connectivity index (χ0v) is 15.3. The quantitative estimate of drug-likeness (QED) is 0.797. The molecule has 6 heteroatoms. The van der Waals surface area contributed by atoms with Crippen LogP contribution in [0.25, 0.3) is 0 Å². The number of carbonyl (C=O) groups is 1. The molecule has 1 saturated heterocycles. The van der Waals surface area contributed by atoms with Gasteiger partial charge in [-0.25, -0.2) is 0 Å². The number of hydrogen-bond donors (Lipinski definition) is 0. The second kappa shape index (κ2) is 7.48. The lowest BCUT2D eigenvalue weighted by molar-refractivity contribution is 0.0590. The Balaban J connectivity index is 1.61. The molecule has 1 aromatic carbocycles. The van der Waals surface area contributed by atoms with Crippen LogP contribution in [-0.4, -0.2) is 38.7 Å². The molecule has 2 aromatic rings. The number of benzene rings is 1. The summed E-state index contributed by atoms with van der Waals surface area (Å²) in [4.78, 5) is 15.3. The highest BCUT2D eigenvalue weighted by molar-refractivity contribution is 5.97. The van der Waals surface area contributed by atoms with Crippen molar-refractivity contribution in [3.8, 4) is 5.75 Å². The molecule has 1 amide bonds. The maximum atomic E-state index is 13.3. The van der Waals surface area contributed by atoms with Gasteiger partial charge in [0, 0.05) is 13.1 Å². The minimum absolute atomic E-state index is 0.00724. The van der Waals surface area contributed by atoms with Gasteiger partial charge in [0.05, 0.1) is 18.2 Å². The van der Waals surface area contributed by atoms with Crippen LogP contribution in [0.5, 0.6) is 5.75 Å². The van der Waals surface area contributed by atoms with Gasteiger partial charge >= 0.3 is 0 Å². The Bertz CT molecular complexity index is 769. The summed E-state index contributed by atoms with van der Waals surface area (Å²) >= 11 is 0. The fraction of sp³-hybridized carbons (Fsp3) is 0.550. The monoisotopic (exact) mass is 354 g/mol. The highest BCUT2D eigenvalue weighted by atomic mass is 16.5. The molecule has 2 aliphatic rings. The molecule has 1 atom stereocenters. The van der Waals surface area contributed by atoms with Gasteiger partial charge in [-0.05, 0) is 57.1 Å². The van der Waals surface area contributed by atoms with Gasteiger partial charge in [-0.2, -0.15) is 0 Å². The fourth-order valence-corrected chi connectivity index (χ4v) is 3.76. The van der Waals surface area contributed by atoms with E-state index >= 15 is 0 Å². The van der Waals surface area contributed by atoms with Crippen molar-refractivity contribution in [1.29, 1.82) is 0 Å².